The lowest BCUT2D eigenvalue weighted by Crippen LogP contribution is -2.48. The van der Waals surface area contributed by atoms with Gasteiger partial charge in [-0.2, -0.15) is 0 Å². The Bertz CT molecular complexity index is 742. The first-order chi connectivity index (χ1) is 11.2. The van der Waals surface area contributed by atoms with E-state index >= 15 is 0 Å². The van der Waals surface area contributed by atoms with Gasteiger partial charge in [-0.1, -0.05) is 54.6 Å². The summed E-state index contributed by atoms with van der Waals surface area (Å²) >= 11 is 0. The molecule has 0 radical (unpaired) electrons. The van der Waals surface area contributed by atoms with E-state index in [2.05, 4.69) is 0 Å². The number of fused-ring (bicyclic) bond motifs is 2. The minimum absolute atomic E-state index is 0.201. The van der Waals surface area contributed by atoms with Crippen molar-refractivity contribution >= 4 is 5.97 Å². The van der Waals surface area contributed by atoms with E-state index in [-0.39, 0.29) is 24.6 Å². The first-order valence-corrected chi connectivity index (χ1v) is 7.74. The Kier molecular flexibility index (Phi) is 3.25. The molecule has 4 nitrogen and oxygen atoms in total. The zero-order valence-electron chi connectivity index (χ0n) is 12.8. The van der Waals surface area contributed by atoms with E-state index in [0.29, 0.717) is 5.56 Å². The second-order valence-corrected chi connectivity index (χ2v) is 6.15. The van der Waals surface area contributed by atoms with Crippen molar-refractivity contribution in [2.75, 3.05) is 13.7 Å². The van der Waals surface area contributed by atoms with Crippen LogP contribution in [0.4, 0.5) is 0 Å². The first-order valence-electron chi connectivity index (χ1n) is 7.74. The number of hydrogen-bond donors (Lipinski definition) is 1. The zero-order valence-corrected chi connectivity index (χ0v) is 12.8. The standard InChI is InChI=1S/C19H18O4/c1-22-17-13-9-5-6-10-15(13)19(21,12-7-3-2-4-8-12)16-14(17)11-23-18(16)20/h2-10,14,16-17,21H,11H2,1H3/t14-,16-,17-,19-/m0/s1. The highest BCUT2D eigenvalue weighted by Gasteiger charge is 2.59. The summed E-state index contributed by atoms with van der Waals surface area (Å²) in [6.07, 6.45) is -0.258. The molecule has 0 unspecified atom stereocenters. The Morgan fingerprint density at radius 2 is 1.83 bits per heavy atom. The predicted molar refractivity (Wildman–Crippen MR) is 83.6 cm³/mol. The molecule has 1 aliphatic heterocycles. The summed E-state index contributed by atoms with van der Waals surface area (Å²) < 4.78 is 11.0. The van der Waals surface area contributed by atoms with Gasteiger partial charge in [0.25, 0.3) is 0 Å². The van der Waals surface area contributed by atoms with E-state index in [1.165, 1.54) is 0 Å². The number of carbonyl (C=O) groups excluding carboxylic acids is 1. The number of methoxy groups -OCH3 is 1. The fourth-order valence-electron chi connectivity index (χ4n) is 4.10. The topological polar surface area (TPSA) is 55.8 Å². The van der Waals surface area contributed by atoms with Gasteiger partial charge < -0.3 is 14.6 Å². The van der Waals surface area contributed by atoms with Gasteiger partial charge in [0.2, 0.25) is 0 Å². The average molecular weight is 310 g/mol. The van der Waals surface area contributed by atoms with E-state index in [0.717, 1.165) is 11.1 Å². The monoisotopic (exact) mass is 310 g/mol. The highest BCUT2D eigenvalue weighted by atomic mass is 16.5. The molecule has 1 N–H and O–H groups in total. The van der Waals surface area contributed by atoms with Crippen LogP contribution >= 0.6 is 0 Å². The van der Waals surface area contributed by atoms with E-state index in [9.17, 15) is 9.90 Å². The minimum Gasteiger partial charge on any atom is -0.465 e. The molecule has 2 aliphatic rings. The highest BCUT2D eigenvalue weighted by Crippen LogP contribution is 2.54. The van der Waals surface area contributed by atoms with Crippen molar-refractivity contribution in [1.82, 2.24) is 0 Å². The van der Waals surface area contributed by atoms with Crippen LogP contribution in [0.15, 0.2) is 54.6 Å². The summed E-state index contributed by atoms with van der Waals surface area (Å²) in [5.74, 6) is -1.23. The van der Waals surface area contributed by atoms with Crippen LogP contribution in [0.3, 0.4) is 0 Å². The lowest BCUT2D eigenvalue weighted by atomic mass is 9.63. The maximum atomic E-state index is 12.4. The Balaban J connectivity index is 2.01. The molecule has 0 aromatic heterocycles. The quantitative estimate of drug-likeness (QED) is 0.866. The fourth-order valence-corrected chi connectivity index (χ4v) is 4.10. The summed E-state index contributed by atoms with van der Waals surface area (Å²) in [6.45, 7) is 0.269. The van der Waals surface area contributed by atoms with Crippen molar-refractivity contribution in [3.63, 3.8) is 0 Å². The summed E-state index contributed by atoms with van der Waals surface area (Å²) in [5.41, 5.74) is 0.945. The van der Waals surface area contributed by atoms with Crippen molar-refractivity contribution in [2.24, 2.45) is 11.8 Å². The van der Waals surface area contributed by atoms with Crippen molar-refractivity contribution in [3.05, 3.63) is 71.3 Å². The van der Waals surface area contributed by atoms with Crippen LogP contribution < -0.4 is 0 Å². The van der Waals surface area contributed by atoms with Gasteiger partial charge in [-0.3, -0.25) is 4.79 Å². The second kappa shape index (κ2) is 5.18. The van der Waals surface area contributed by atoms with E-state index in [1.807, 2.05) is 54.6 Å². The molecule has 4 heteroatoms. The van der Waals surface area contributed by atoms with Crippen LogP contribution in [0, 0.1) is 11.8 Å². The van der Waals surface area contributed by atoms with Crippen LogP contribution in [0.25, 0.3) is 0 Å². The molecule has 2 aromatic rings. The highest BCUT2D eigenvalue weighted by molar-refractivity contribution is 5.79. The van der Waals surface area contributed by atoms with E-state index < -0.39 is 11.5 Å². The Morgan fingerprint density at radius 1 is 1.13 bits per heavy atom. The average Bonchev–Trinajstić information content (AvgIpc) is 2.99. The van der Waals surface area contributed by atoms with Crippen LogP contribution in [0.1, 0.15) is 22.8 Å². The molecule has 1 heterocycles. The molecular weight excluding hydrogens is 292 g/mol. The van der Waals surface area contributed by atoms with Crippen LogP contribution in [-0.2, 0) is 19.9 Å². The molecule has 1 saturated heterocycles. The SMILES string of the molecule is CO[C@H]1c2ccccc2[C@@](O)(c2ccccc2)[C@@H]2C(=O)OC[C@@H]21. The summed E-state index contributed by atoms with van der Waals surface area (Å²) in [7, 11) is 1.63. The molecular formula is C19H18O4. The number of hydrogen-bond acceptors (Lipinski definition) is 4. The molecule has 4 rings (SSSR count). The van der Waals surface area contributed by atoms with Gasteiger partial charge >= 0.3 is 5.97 Å². The largest absolute Gasteiger partial charge is 0.465 e. The Hall–Kier alpha value is -2.17. The molecule has 1 aliphatic carbocycles. The normalized spacial score (nSPS) is 32.1. The summed E-state index contributed by atoms with van der Waals surface area (Å²) in [4.78, 5) is 12.4. The van der Waals surface area contributed by atoms with Crippen molar-refractivity contribution in [2.45, 2.75) is 11.7 Å². The molecule has 0 spiro atoms. The Labute approximate surface area is 134 Å². The minimum atomic E-state index is -1.40. The van der Waals surface area contributed by atoms with Crippen LogP contribution in [0.2, 0.25) is 0 Å². The zero-order chi connectivity index (χ0) is 16.0. The first kappa shape index (κ1) is 14.4. The molecule has 0 bridgehead atoms. The van der Waals surface area contributed by atoms with Gasteiger partial charge in [-0.15, -0.1) is 0 Å². The molecule has 4 atom stereocenters. The number of rotatable bonds is 2. The third kappa shape index (κ3) is 1.89. The molecule has 1 fully saturated rings. The molecule has 118 valence electrons. The van der Waals surface area contributed by atoms with E-state index in [4.69, 9.17) is 9.47 Å². The van der Waals surface area contributed by atoms with Gasteiger partial charge in [0.05, 0.1) is 12.7 Å². The number of esters is 1. The smallest absolute Gasteiger partial charge is 0.313 e. The molecule has 0 amide bonds. The number of benzene rings is 2. The lowest BCUT2D eigenvalue weighted by molar-refractivity contribution is -0.149. The van der Waals surface area contributed by atoms with Gasteiger partial charge in [0.15, 0.2) is 0 Å². The van der Waals surface area contributed by atoms with Crippen molar-refractivity contribution in [1.29, 1.82) is 0 Å². The number of aliphatic hydroxyl groups is 1. The number of cyclic esters (lactones) is 1. The molecule has 2 aromatic carbocycles. The maximum Gasteiger partial charge on any atom is 0.313 e. The summed E-state index contributed by atoms with van der Waals surface area (Å²) in [6, 6.07) is 17.0. The van der Waals surface area contributed by atoms with Crippen LogP contribution in [0.5, 0.6) is 0 Å². The molecule has 23 heavy (non-hydrogen) atoms. The van der Waals surface area contributed by atoms with Gasteiger partial charge in [-0.05, 0) is 16.7 Å². The lowest BCUT2D eigenvalue weighted by Gasteiger charge is -2.44. The van der Waals surface area contributed by atoms with Crippen molar-refractivity contribution < 1.29 is 19.4 Å². The van der Waals surface area contributed by atoms with Crippen molar-refractivity contribution in [3.8, 4) is 0 Å². The maximum absolute atomic E-state index is 12.4. The predicted octanol–water partition coefficient (Wildman–Crippen LogP) is 2.41. The Morgan fingerprint density at radius 3 is 2.57 bits per heavy atom. The summed E-state index contributed by atoms with van der Waals surface area (Å²) in [5, 5.41) is 11.7. The number of ether oxygens (including phenoxy) is 2. The van der Waals surface area contributed by atoms with Gasteiger partial charge in [0.1, 0.15) is 11.5 Å². The van der Waals surface area contributed by atoms with Crippen LogP contribution in [-0.4, -0.2) is 24.8 Å². The number of carbonyl (C=O) groups is 1. The van der Waals surface area contributed by atoms with E-state index in [1.54, 1.807) is 7.11 Å². The second-order valence-electron chi connectivity index (χ2n) is 6.15. The fraction of sp³-hybridized carbons (Fsp3) is 0.316. The van der Waals surface area contributed by atoms with Gasteiger partial charge in [-0.25, -0.2) is 0 Å². The molecule has 0 saturated carbocycles. The third-order valence-electron chi connectivity index (χ3n) is 5.08. The van der Waals surface area contributed by atoms with Gasteiger partial charge in [0, 0.05) is 13.0 Å². The third-order valence-corrected chi connectivity index (χ3v) is 5.08.